The number of hydrogen-bond donors (Lipinski definition) is 1. The van der Waals surface area contributed by atoms with E-state index in [0.717, 1.165) is 23.3 Å². The number of rotatable bonds is 7. The molecule has 5 nitrogen and oxygen atoms in total. The van der Waals surface area contributed by atoms with Gasteiger partial charge in [-0.3, -0.25) is 0 Å². The average molecular weight is 475 g/mol. The first-order chi connectivity index (χ1) is 15.3. The molecule has 1 atom stereocenters. The van der Waals surface area contributed by atoms with E-state index in [4.69, 9.17) is 23.2 Å². The first kappa shape index (κ1) is 22.2. The summed E-state index contributed by atoms with van der Waals surface area (Å²) in [6.07, 6.45) is 10.0. The van der Waals surface area contributed by atoms with Gasteiger partial charge < -0.3 is 9.67 Å². The molecule has 32 heavy (non-hydrogen) atoms. The Morgan fingerprint density at radius 1 is 1.03 bits per heavy atom. The van der Waals surface area contributed by atoms with E-state index in [1.54, 1.807) is 29.1 Å². The number of hydrogen-bond acceptors (Lipinski definition) is 3. The Hall–Kier alpha value is -3.00. The summed E-state index contributed by atoms with van der Waals surface area (Å²) in [5, 5.41) is 16.5. The Bertz CT molecular complexity index is 1260. The highest BCUT2D eigenvalue weighted by Crippen LogP contribution is 2.29. The minimum absolute atomic E-state index is 0.00491. The van der Waals surface area contributed by atoms with Crippen LogP contribution in [-0.4, -0.2) is 24.4 Å². The van der Waals surface area contributed by atoms with Crippen molar-refractivity contribution in [1.29, 1.82) is 0 Å². The Morgan fingerprint density at radius 3 is 2.59 bits per heavy atom. The maximum absolute atomic E-state index is 14.6. The predicted molar refractivity (Wildman–Crippen MR) is 120 cm³/mol. The molecule has 0 bridgehead atoms. The molecule has 0 amide bonds. The van der Waals surface area contributed by atoms with E-state index in [9.17, 15) is 13.9 Å². The van der Waals surface area contributed by atoms with E-state index >= 15 is 0 Å². The smallest absolute Gasteiger partial charge is 0.137 e. The van der Waals surface area contributed by atoms with Crippen LogP contribution in [0.4, 0.5) is 8.78 Å². The van der Waals surface area contributed by atoms with Crippen LogP contribution < -0.4 is 0 Å². The van der Waals surface area contributed by atoms with Crippen LogP contribution in [0.15, 0.2) is 67.5 Å². The van der Waals surface area contributed by atoms with E-state index in [1.165, 1.54) is 23.4 Å². The highest BCUT2D eigenvalue weighted by atomic mass is 35.5. The summed E-state index contributed by atoms with van der Waals surface area (Å²) < 4.78 is 31.1. The monoisotopic (exact) mass is 474 g/mol. The molecule has 1 unspecified atom stereocenters. The molecule has 0 saturated carbocycles. The molecule has 9 heteroatoms. The average Bonchev–Trinajstić information content (AvgIpc) is 3.39. The zero-order valence-corrected chi connectivity index (χ0v) is 18.2. The van der Waals surface area contributed by atoms with Gasteiger partial charge in [0.05, 0.1) is 13.1 Å². The molecular formula is C23H18Cl2F2N4O. The lowest BCUT2D eigenvalue weighted by Crippen LogP contribution is -2.37. The largest absolute Gasteiger partial charge is 0.381 e. The van der Waals surface area contributed by atoms with Crippen molar-refractivity contribution in [2.75, 3.05) is 0 Å². The fourth-order valence-electron chi connectivity index (χ4n) is 3.45. The second-order valence-corrected chi connectivity index (χ2v) is 8.21. The molecule has 0 fully saturated rings. The number of nitrogens with zero attached hydrogens (tertiary/aromatic N) is 4. The summed E-state index contributed by atoms with van der Waals surface area (Å²) in [6, 6.07) is 10.2. The zero-order valence-electron chi connectivity index (χ0n) is 16.7. The SMILES string of the molecule is OC(Cn1ccc(/C=C/c2ccc(Cl)cc2Cl)c1)(Cn1cncn1)c1ccc(F)cc1F. The van der Waals surface area contributed by atoms with Gasteiger partial charge >= 0.3 is 0 Å². The molecule has 0 aliphatic carbocycles. The summed E-state index contributed by atoms with van der Waals surface area (Å²) in [5.74, 6) is -1.55. The van der Waals surface area contributed by atoms with Crippen molar-refractivity contribution in [2.24, 2.45) is 0 Å². The van der Waals surface area contributed by atoms with Gasteiger partial charge in [0.2, 0.25) is 0 Å². The summed E-state index contributed by atoms with van der Waals surface area (Å²) in [6.45, 7) is -0.0652. The highest BCUT2D eigenvalue weighted by molar-refractivity contribution is 6.35. The van der Waals surface area contributed by atoms with Gasteiger partial charge in [0.25, 0.3) is 0 Å². The summed E-state index contributed by atoms with van der Waals surface area (Å²) in [7, 11) is 0. The second-order valence-electron chi connectivity index (χ2n) is 7.37. The molecular weight excluding hydrogens is 457 g/mol. The van der Waals surface area contributed by atoms with Crippen molar-refractivity contribution in [1.82, 2.24) is 19.3 Å². The van der Waals surface area contributed by atoms with Crippen molar-refractivity contribution in [3.8, 4) is 0 Å². The van der Waals surface area contributed by atoms with Crippen LogP contribution in [-0.2, 0) is 18.7 Å². The standard InChI is InChI=1S/C23H18Cl2F2N4O/c24-18-4-3-17(21(25)9-18)2-1-16-7-8-30(11-16)12-23(32,13-31-15-28-14-29-31)20-6-5-19(26)10-22(20)27/h1-11,14-15,32H,12-13H2/b2-1+. The minimum atomic E-state index is -1.70. The molecule has 0 aliphatic rings. The van der Waals surface area contributed by atoms with Gasteiger partial charge in [-0.05, 0) is 35.4 Å². The first-order valence-electron chi connectivity index (χ1n) is 9.62. The molecule has 1 N–H and O–H groups in total. The van der Waals surface area contributed by atoms with Crippen LogP contribution >= 0.6 is 23.2 Å². The molecule has 2 aromatic carbocycles. The predicted octanol–water partition coefficient (Wildman–Crippen LogP) is 5.42. The molecule has 4 rings (SSSR count). The van der Waals surface area contributed by atoms with Crippen molar-refractivity contribution in [2.45, 2.75) is 18.7 Å². The zero-order chi connectivity index (χ0) is 22.7. The lowest BCUT2D eigenvalue weighted by atomic mass is 9.92. The molecule has 0 radical (unpaired) electrons. The Labute approximate surface area is 193 Å². The minimum Gasteiger partial charge on any atom is -0.381 e. The quantitative estimate of drug-likeness (QED) is 0.388. The molecule has 2 aromatic heterocycles. The van der Waals surface area contributed by atoms with Crippen LogP contribution in [0.5, 0.6) is 0 Å². The van der Waals surface area contributed by atoms with Crippen LogP contribution in [0.2, 0.25) is 10.0 Å². The third kappa shape index (κ3) is 5.07. The molecule has 4 aromatic rings. The van der Waals surface area contributed by atoms with E-state index in [0.29, 0.717) is 10.0 Å². The van der Waals surface area contributed by atoms with Crippen LogP contribution in [0, 0.1) is 11.6 Å². The normalized spacial score (nSPS) is 13.5. The van der Waals surface area contributed by atoms with Crippen molar-refractivity contribution < 1.29 is 13.9 Å². The van der Waals surface area contributed by atoms with E-state index in [2.05, 4.69) is 10.1 Å². The topological polar surface area (TPSA) is 55.9 Å². The third-order valence-corrected chi connectivity index (χ3v) is 5.52. The molecule has 2 heterocycles. The van der Waals surface area contributed by atoms with Crippen LogP contribution in [0.1, 0.15) is 16.7 Å². The summed E-state index contributed by atoms with van der Waals surface area (Å²) >= 11 is 12.1. The number of aromatic nitrogens is 4. The lowest BCUT2D eigenvalue weighted by molar-refractivity contribution is -0.00534. The lowest BCUT2D eigenvalue weighted by Gasteiger charge is -2.29. The Morgan fingerprint density at radius 2 is 1.88 bits per heavy atom. The third-order valence-electron chi connectivity index (χ3n) is 4.96. The van der Waals surface area contributed by atoms with Crippen molar-refractivity contribution >= 4 is 35.4 Å². The Balaban J connectivity index is 1.60. The van der Waals surface area contributed by atoms with Gasteiger partial charge in [-0.15, -0.1) is 0 Å². The molecule has 0 spiro atoms. The Kier molecular flexibility index (Phi) is 6.41. The molecule has 0 saturated heterocycles. The van der Waals surface area contributed by atoms with Gasteiger partial charge in [0.15, 0.2) is 0 Å². The van der Waals surface area contributed by atoms with Crippen molar-refractivity contribution in [3.63, 3.8) is 0 Å². The van der Waals surface area contributed by atoms with Gasteiger partial charge in [-0.1, -0.05) is 47.5 Å². The second kappa shape index (κ2) is 9.24. The first-order valence-corrected chi connectivity index (χ1v) is 10.4. The number of benzene rings is 2. The van der Waals surface area contributed by atoms with Gasteiger partial charge in [0, 0.05) is 34.1 Å². The van der Waals surface area contributed by atoms with Crippen LogP contribution in [0.25, 0.3) is 12.2 Å². The van der Waals surface area contributed by atoms with Gasteiger partial charge in [-0.2, -0.15) is 5.10 Å². The fourth-order valence-corrected chi connectivity index (χ4v) is 3.92. The maximum Gasteiger partial charge on any atom is 0.137 e. The summed E-state index contributed by atoms with van der Waals surface area (Å²) in [5.41, 5.74) is -0.0861. The van der Waals surface area contributed by atoms with Crippen LogP contribution in [0.3, 0.4) is 0 Å². The van der Waals surface area contributed by atoms with E-state index < -0.39 is 17.2 Å². The molecule has 0 aliphatic heterocycles. The molecule has 164 valence electrons. The van der Waals surface area contributed by atoms with Gasteiger partial charge in [0.1, 0.15) is 29.9 Å². The van der Waals surface area contributed by atoms with Crippen molar-refractivity contribution in [3.05, 3.63) is 106 Å². The van der Waals surface area contributed by atoms with E-state index in [1.807, 2.05) is 24.3 Å². The number of halogens is 4. The highest BCUT2D eigenvalue weighted by Gasteiger charge is 2.34. The fraction of sp³-hybridized carbons (Fsp3) is 0.130. The van der Waals surface area contributed by atoms with E-state index in [-0.39, 0.29) is 18.7 Å². The summed E-state index contributed by atoms with van der Waals surface area (Å²) in [4.78, 5) is 3.87. The van der Waals surface area contributed by atoms with Gasteiger partial charge in [-0.25, -0.2) is 18.4 Å². The number of aliphatic hydroxyl groups is 1. The maximum atomic E-state index is 14.6.